The van der Waals surface area contributed by atoms with Crippen molar-refractivity contribution in [2.24, 2.45) is 0 Å². The number of carbonyl (C=O) groups is 1. The van der Waals surface area contributed by atoms with E-state index in [1.807, 2.05) is 0 Å². The number of carbonyl (C=O) groups excluding carboxylic acids is 1. The van der Waals surface area contributed by atoms with Crippen molar-refractivity contribution in [3.63, 3.8) is 0 Å². The molecule has 0 aromatic heterocycles. The van der Waals surface area contributed by atoms with E-state index in [1.54, 1.807) is 11.0 Å². The first-order valence-corrected chi connectivity index (χ1v) is 6.39. The van der Waals surface area contributed by atoms with E-state index >= 15 is 0 Å². The van der Waals surface area contributed by atoms with Crippen molar-refractivity contribution in [3.05, 3.63) is 12.2 Å². The van der Waals surface area contributed by atoms with Crippen LogP contribution in [0.15, 0.2) is 12.2 Å². The summed E-state index contributed by atoms with van der Waals surface area (Å²) in [7, 11) is 0. The van der Waals surface area contributed by atoms with Crippen molar-refractivity contribution in [2.75, 3.05) is 0 Å². The van der Waals surface area contributed by atoms with Gasteiger partial charge in [-0.2, -0.15) is 0 Å². The second kappa shape index (κ2) is 3.61. The fraction of sp³-hybridized carbons (Fsp3) is 0.667. The van der Waals surface area contributed by atoms with Crippen LogP contribution in [0.1, 0.15) is 19.3 Å². The highest BCUT2D eigenvalue weighted by atomic mass is 79.9. The van der Waals surface area contributed by atoms with Crippen molar-refractivity contribution in [3.8, 4) is 0 Å². The molecule has 14 heavy (non-hydrogen) atoms. The van der Waals surface area contributed by atoms with Crippen LogP contribution in [0, 0.1) is 0 Å². The third-order valence-electron chi connectivity index (χ3n) is 2.81. The minimum absolute atomic E-state index is 0.0735. The van der Waals surface area contributed by atoms with Gasteiger partial charge in [-0.1, -0.05) is 31.9 Å². The molecule has 0 aromatic rings. The predicted molar refractivity (Wildman–Crippen MR) is 60.2 cm³/mol. The Bertz CT molecular complexity index is 293. The molecule has 0 unspecified atom stereocenters. The van der Waals surface area contributed by atoms with Gasteiger partial charge in [0.15, 0.2) is 5.72 Å². The normalized spacial score (nSPS) is 35.9. The lowest BCUT2D eigenvalue weighted by Gasteiger charge is -2.30. The lowest BCUT2D eigenvalue weighted by atomic mass is 10.1. The molecule has 2 aliphatic rings. The highest BCUT2D eigenvalue weighted by molar-refractivity contribution is 9.24. The Labute approximate surface area is 99.4 Å². The van der Waals surface area contributed by atoms with Gasteiger partial charge in [-0.25, -0.2) is 0 Å². The molecule has 1 amide bonds. The van der Waals surface area contributed by atoms with Crippen LogP contribution in [0.3, 0.4) is 0 Å². The summed E-state index contributed by atoms with van der Waals surface area (Å²) < 4.78 is 0.191. The van der Waals surface area contributed by atoms with Gasteiger partial charge >= 0.3 is 0 Å². The van der Waals surface area contributed by atoms with E-state index in [2.05, 4.69) is 31.9 Å². The van der Waals surface area contributed by atoms with E-state index in [-0.39, 0.29) is 15.7 Å². The van der Waals surface area contributed by atoms with Gasteiger partial charge in [0.05, 0.1) is 3.74 Å². The third-order valence-corrected chi connectivity index (χ3v) is 3.56. The predicted octanol–water partition coefficient (Wildman–Crippen LogP) is 1.74. The fourth-order valence-electron chi connectivity index (χ4n) is 2.19. The molecule has 0 aromatic carbocycles. The van der Waals surface area contributed by atoms with Crippen LogP contribution in [0.25, 0.3) is 0 Å². The molecule has 2 atom stereocenters. The first-order chi connectivity index (χ1) is 6.53. The maximum Gasteiger partial charge on any atom is 0.249 e. The summed E-state index contributed by atoms with van der Waals surface area (Å²) in [5, 5.41) is 10.1. The summed E-state index contributed by atoms with van der Waals surface area (Å²) >= 11 is 6.79. The highest BCUT2D eigenvalue weighted by Gasteiger charge is 2.48. The van der Waals surface area contributed by atoms with E-state index in [1.165, 1.54) is 6.08 Å². The molecule has 0 saturated carbocycles. The molecule has 0 aliphatic carbocycles. The van der Waals surface area contributed by atoms with Gasteiger partial charge in [0.25, 0.3) is 0 Å². The molecular weight excluding hydrogens is 314 g/mol. The number of fused-ring (bicyclic) bond motifs is 1. The average molecular weight is 325 g/mol. The second-order valence-corrected chi connectivity index (χ2v) is 7.18. The Hall–Kier alpha value is 0.130. The number of nitrogens with zero attached hydrogens (tertiary/aromatic N) is 1. The molecule has 2 heterocycles. The maximum atomic E-state index is 11.5. The standard InChI is InChI=1S/C9H11Br2NO2/c10-7(11)5-6-1-3-9(14)4-2-8(13)12(6)9/h2,4,6-7,14H,1,3,5H2/t6-,9+/m0/s1. The van der Waals surface area contributed by atoms with E-state index in [0.717, 1.165) is 12.8 Å². The van der Waals surface area contributed by atoms with Crippen molar-refractivity contribution in [1.29, 1.82) is 0 Å². The van der Waals surface area contributed by atoms with Crippen molar-refractivity contribution >= 4 is 37.8 Å². The Balaban J connectivity index is 2.15. The van der Waals surface area contributed by atoms with Gasteiger partial charge in [-0.3, -0.25) is 4.79 Å². The number of halogens is 2. The Morgan fingerprint density at radius 3 is 3.07 bits per heavy atom. The maximum absolute atomic E-state index is 11.5. The smallest absolute Gasteiger partial charge is 0.249 e. The van der Waals surface area contributed by atoms with Crippen LogP contribution < -0.4 is 0 Å². The Morgan fingerprint density at radius 2 is 2.43 bits per heavy atom. The van der Waals surface area contributed by atoms with Gasteiger partial charge in [-0.15, -0.1) is 0 Å². The first-order valence-electron chi connectivity index (χ1n) is 4.56. The minimum Gasteiger partial charge on any atom is -0.367 e. The van der Waals surface area contributed by atoms with Gasteiger partial charge < -0.3 is 10.0 Å². The lowest BCUT2D eigenvalue weighted by molar-refractivity contribution is -0.139. The molecule has 0 radical (unpaired) electrons. The Kier molecular flexibility index (Phi) is 2.74. The van der Waals surface area contributed by atoms with Crippen LogP contribution in [-0.4, -0.2) is 31.4 Å². The number of hydrogen-bond donors (Lipinski definition) is 1. The summed E-state index contributed by atoms with van der Waals surface area (Å²) in [5.41, 5.74) is -1.00. The number of amides is 1. The molecule has 1 saturated heterocycles. The molecule has 1 N–H and O–H groups in total. The van der Waals surface area contributed by atoms with Crippen LogP contribution in [0.2, 0.25) is 0 Å². The molecule has 2 rings (SSSR count). The van der Waals surface area contributed by atoms with E-state index < -0.39 is 5.72 Å². The van der Waals surface area contributed by atoms with E-state index in [0.29, 0.717) is 6.42 Å². The van der Waals surface area contributed by atoms with Gasteiger partial charge in [-0.05, 0) is 18.9 Å². The zero-order chi connectivity index (χ0) is 10.3. The number of aliphatic hydroxyl groups is 1. The van der Waals surface area contributed by atoms with Gasteiger partial charge in [0, 0.05) is 18.5 Å². The monoisotopic (exact) mass is 323 g/mol. The molecule has 0 spiro atoms. The van der Waals surface area contributed by atoms with Crippen LogP contribution in [0.4, 0.5) is 0 Å². The Morgan fingerprint density at radius 1 is 1.71 bits per heavy atom. The lowest BCUT2D eigenvalue weighted by Crippen LogP contribution is -2.45. The summed E-state index contributed by atoms with van der Waals surface area (Å²) in [6.45, 7) is 0. The second-order valence-electron chi connectivity index (χ2n) is 3.74. The summed E-state index contributed by atoms with van der Waals surface area (Å²) in [4.78, 5) is 13.1. The third kappa shape index (κ3) is 1.66. The van der Waals surface area contributed by atoms with Crippen LogP contribution in [-0.2, 0) is 4.79 Å². The molecule has 3 nitrogen and oxygen atoms in total. The number of hydrogen-bond acceptors (Lipinski definition) is 2. The van der Waals surface area contributed by atoms with Crippen LogP contribution in [0.5, 0.6) is 0 Å². The van der Waals surface area contributed by atoms with Crippen molar-refractivity contribution < 1.29 is 9.90 Å². The summed E-state index contributed by atoms with van der Waals surface area (Å²) in [6, 6.07) is 0.131. The van der Waals surface area contributed by atoms with E-state index in [4.69, 9.17) is 0 Å². The summed E-state index contributed by atoms with van der Waals surface area (Å²) in [6.07, 6.45) is 5.39. The van der Waals surface area contributed by atoms with Gasteiger partial charge in [0.1, 0.15) is 0 Å². The minimum atomic E-state index is -1.00. The first kappa shape index (κ1) is 10.6. The highest BCUT2D eigenvalue weighted by Crippen LogP contribution is 2.39. The van der Waals surface area contributed by atoms with E-state index in [9.17, 15) is 9.90 Å². The van der Waals surface area contributed by atoms with Crippen molar-refractivity contribution in [2.45, 2.75) is 34.8 Å². The SMILES string of the molecule is O=C1C=C[C@]2(O)CC[C@@H](CC(Br)Br)N12. The van der Waals surface area contributed by atoms with Crippen molar-refractivity contribution in [1.82, 2.24) is 4.90 Å². The molecular formula is C9H11Br2NO2. The zero-order valence-corrected chi connectivity index (χ0v) is 10.7. The number of alkyl halides is 2. The quantitative estimate of drug-likeness (QED) is 0.786. The molecule has 2 aliphatic heterocycles. The topological polar surface area (TPSA) is 40.5 Å². The average Bonchev–Trinajstić information content (AvgIpc) is 2.53. The molecule has 78 valence electrons. The fourth-order valence-corrected chi connectivity index (χ4v) is 3.06. The molecule has 5 heteroatoms. The molecule has 0 bridgehead atoms. The van der Waals surface area contributed by atoms with Gasteiger partial charge in [0.2, 0.25) is 5.91 Å². The van der Waals surface area contributed by atoms with Crippen LogP contribution >= 0.6 is 31.9 Å². The zero-order valence-electron chi connectivity index (χ0n) is 7.49. The summed E-state index contributed by atoms with van der Waals surface area (Å²) in [5.74, 6) is -0.0735. The number of rotatable bonds is 2. The largest absolute Gasteiger partial charge is 0.367 e. The molecule has 1 fully saturated rings.